The van der Waals surface area contributed by atoms with Crippen LogP contribution in [0.2, 0.25) is 0 Å². The lowest BCUT2D eigenvalue weighted by molar-refractivity contribution is -0.121. The average Bonchev–Trinajstić information content (AvgIpc) is 1.87. The highest BCUT2D eigenvalue weighted by Gasteiger charge is 2.04. The van der Waals surface area contributed by atoms with Gasteiger partial charge in [0.15, 0.2) is 0 Å². The van der Waals surface area contributed by atoms with Crippen LogP contribution in [-0.2, 0) is 4.79 Å². The third-order valence-corrected chi connectivity index (χ3v) is 1.45. The van der Waals surface area contributed by atoms with Crippen molar-refractivity contribution in [3.8, 4) is 0 Å². The highest BCUT2D eigenvalue weighted by atomic mass is 19.1. The highest BCUT2D eigenvalue weighted by Crippen LogP contribution is 1.95. The minimum atomic E-state index is -0.565. The minimum Gasteiger partial charge on any atom is -0.354 e. The molecular weight excluding hydrogens is 145 g/mol. The molecule has 0 aromatic heterocycles. The number of nitrogens with one attached hydrogen (secondary N) is 1. The van der Waals surface area contributed by atoms with Crippen molar-refractivity contribution < 1.29 is 9.18 Å². The van der Waals surface area contributed by atoms with Crippen LogP contribution in [0, 0.1) is 0 Å². The zero-order valence-electron chi connectivity index (χ0n) is 7.19. The SMILES string of the molecule is CCCC(C)NC(=O)CCF. The number of rotatable bonds is 5. The molecule has 66 valence electrons. The number of hydrogen-bond acceptors (Lipinski definition) is 1. The Morgan fingerprint density at radius 2 is 2.27 bits per heavy atom. The molecule has 0 fully saturated rings. The van der Waals surface area contributed by atoms with Gasteiger partial charge in [0.25, 0.3) is 0 Å². The summed E-state index contributed by atoms with van der Waals surface area (Å²) in [5.74, 6) is -0.187. The average molecular weight is 161 g/mol. The van der Waals surface area contributed by atoms with E-state index in [1.807, 2.05) is 6.92 Å². The van der Waals surface area contributed by atoms with E-state index in [1.165, 1.54) is 0 Å². The van der Waals surface area contributed by atoms with E-state index >= 15 is 0 Å². The molecule has 0 aromatic rings. The Labute approximate surface area is 67.2 Å². The van der Waals surface area contributed by atoms with Crippen LogP contribution < -0.4 is 5.32 Å². The Morgan fingerprint density at radius 1 is 1.64 bits per heavy atom. The van der Waals surface area contributed by atoms with Gasteiger partial charge in [0.1, 0.15) is 0 Å². The number of carbonyl (C=O) groups excluding carboxylic acids is 1. The smallest absolute Gasteiger partial charge is 0.222 e. The Hall–Kier alpha value is -0.600. The first-order chi connectivity index (χ1) is 5.20. The molecule has 0 saturated carbocycles. The highest BCUT2D eigenvalue weighted by molar-refractivity contribution is 5.76. The molecule has 0 bridgehead atoms. The van der Waals surface area contributed by atoms with E-state index in [-0.39, 0.29) is 18.4 Å². The molecule has 0 saturated heterocycles. The summed E-state index contributed by atoms with van der Waals surface area (Å²) in [7, 11) is 0. The molecule has 2 nitrogen and oxygen atoms in total. The second-order valence-electron chi connectivity index (χ2n) is 2.70. The minimum absolute atomic E-state index is 0.00590. The Bertz CT molecular complexity index is 117. The molecule has 1 unspecified atom stereocenters. The largest absolute Gasteiger partial charge is 0.354 e. The first-order valence-electron chi connectivity index (χ1n) is 4.06. The molecule has 3 heteroatoms. The first-order valence-corrected chi connectivity index (χ1v) is 4.06. The van der Waals surface area contributed by atoms with Gasteiger partial charge in [0.05, 0.1) is 13.1 Å². The van der Waals surface area contributed by atoms with Crippen molar-refractivity contribution in [2.24, 2.45) is 0 Å². The van der Waals surface area contributed by atoms with Crippen LogP contribution in [0.15, 0.2) is 0 Å². The molecule has 0 rings (SSSR count). The summed E-state index contributed by atoms with van der Waals surface area (Å²) in [6.45, 7) is 3.42. The number of hydrogen-bond donors (Lipinski definition) is 1. The van der Waals surface area contributed by atoms with Gasteiger partial charge in [-0.05, 0) is 13.3 Å². The molecule has 1 N–H and O–H groups in total. The van der Waals surface area contributed by atoms with Crippen LogP contribution in [-0.4, -0.2) is 18.6 Å². The molecule has 1 atom stereocenters. The van der Waals surface area contributed by atoms with Gasteiger partial charge in [-0.3, -0.25) is 9.18 Å². The van der Waals surface area contributed by atoms with E-state index in [0.717, 1.165) is 12.8 Å². The van der Waals surface area contributed by atoms with Crippen molar-refractivity contribution in [3.05, 3.63) is 0 Å². The Morgan fingerprint density at radius 3 is 2.73 bits per heavy atom. The summed E-state index contributed by atoms with van der Waals surface area (Å²) >= 11 is 0. The summed E-state index contributed by atoms with van der Waals surface area (Å²) in [4.78, 5) is 10.8. The van der Waals surface area contributed by atoms with E-state index in [1.54, 1.807) is 0 Å². The molecule has 0 aliphatic heterocycles. The molecule has 0 spiro atoms. The van der Waals surface area contributed by atoms with E-state index in [9.17, 15) is 9.18 Å². The maximum absolute atomic E-state index is 11.6. The van der Waals surface area contributed by atoms with E-state index < -0.39 is 6.67 Å². The Balaban J connectivity index is 3.40. The van der Waals surface area contributed by atoms with Crippen molar-refractivity contribution in [1.82, 2.24) is 5.32 Å². The molecule has 1 amide bonds. The summed E-state index contributed by atoms with van der Waals surface area (Å²) in [6, 6.07) is 0.180. The third-order valence-electron chi connectivity index (χ3n) is 1.45. The van der Waals surface area contributed by atoms with Gasteiger partial charge in [-0.2, -0.15) is 0 Å². The van der Waals surface area contributed by atoms with Crippen molar-refractivity contribution in [2.45, 2.75) is 39.2 Å². The normalized spacial score (nSPS) is 12.6. The second kappa shape index (κ2) is 6.13. The van der Waals surface area contributed by atoms with Gasteiger partial charge >= 0.3 is 0 Å². The molecule has 11 heavy (non-hydrogen) atoms. The van der Waals surface area contributed by atoms with Gasteiger partial charge in [-0.1, -0.05) is 13.3 Å². The van der Waals surface area contributed by atoms with Gasteiger partial charge in [-0.15, -0.1) is 0 Å². The van der Waals surface area contributed by atoms with E-state index in [2.05, 4.69) is 12.2 Å². The second-order valence-corrected chi connectivity index (χ2v) is 2.70. The molecular formula is C8H16FNO. The first kappa shape index (κ1) is 10.4. The van der Waals surface area contributed by atoms with Gasteiger partial charge in [-0.25, -0.2) is 0 Å². The standard InChI is InChI=1S/C8H16FNO/c1-3-4-7(2)10-8(11)5-6-9/h7H,3-6H2,1-2H3,(H,10,11). The number of amides is 1. The number of halogens is 1. The molecule has 0 aromatic carbocycles. The van der Waals surface area contributed by atoms with E-state index in [4.69, 9.17) is 0 Å². The quantitative estimate of drug-likeness (QED) is 0.652. The maximum atomic E-state index is 11.6. The summed E-state index contributed by atoms with van der Waals surface area (Å²) in [6.07, 6.45) is 1.99. The lowest BCUT2D eigenvalue weighted by Gasteiger charge is -2.11. The summed E-state index contributed by atoms with van der Waals surface area (Å²) in [5, 5.41) is 2.70. The lowest BCUT2D eigenvalue weighted by atomic mass is 10.2. The van der Waals surface area contributed by atoms with Crippen LogP contribution in [0.5, 0.6) is 0 Å². The van der Waals surface area contributed by atoms with Crippen molar-refractivity contribution in [1.29, 1.82) is 0 Å². The molecule has 0 aliphatic rings. The maximum Gasteiger partial charge on any atom is 0.222 e. The third kappa shape index (κ3) is 5.83. The fourth-order valence-electron chi connectivity index (χ4n) is 0.938. The summed E-state index contributed by atoms with van der Waals surface area (Å²) in [5.41, 5.74) is 0. The Kier molecular flexibility index (Phi) is 5.80. The molecule has 0 radical (unpaired) electrons. The topological polar surface area (TPSA) is 29.1 Å². The van der Waals surface area contributed by atoms with Crippen LogP contribution in [0.3, 0.4) is 0 Å². The van der Waals surface area contributed by atoms with Crippen LogP contribution in [0.25, 0.3) is 0 Å². The zero-order valence-corrected chi connectivity index (χ0v) is 7.19. The molecule has 0 aliphatic carbocycles. The van der Waals surface area contributed by atoms with Crippen molar-refractivity contribution in [2.75, 3.05) is 6.67 Å². The number of alkyl halides is 1. The monoisotopic (exact) mass is 161 g/mol. The van der Waals surface area contributed by atoms with Crippen LogP contribution in [0.1, 0.15) is 33.1 Å². The van der Waals surface area contributed by atoms with Gasteiger partial charge in [0, 0.05) is 6.04 Å². The summed E-state index contributed by atoms with van der Waals surface area (Å²) < 4.78 is 11.6. The van der Waals surface area contributed by atoms with E-state index in [0.29, 0.717) is 0 Å². The predicted molar refractivity (Wildman–Crippen MR) is 43.1 cm³/mol. The fraction of sp³-hybridized carbons (Fsp3) is 0.875. The number of carbonyl (C=O) groups is 1. The predicted octanol–water partition coefficient (Wildman–Crippen LogP) is 1.65. The van der Waals surface area contributed by atoms with Gasteiger partial charge < -0.3 is 5.32 Å². The van der Waals surface area contributed by atoms with Crippen molar-refractivity contribution >= 4 is 5.91 Å². The molecule has 0 heterocycles. The van der Waals surface area contributed by atoms with Crippen molar-refractivity contribution in [3.63, 3.8) is 0 Å². The zero-order chi connectivity index (χ0) is 8.69. The van der Waals surface area contributed by atoms with Crippen LogP contribution >= 0.6 is 0 Å². The fourth-order valence-corrected chi connectivity index (χ4v) is 0.938. The van der Waals surface area contributed by atoms with Gasteiger partial charge in [0.2, 0.25) is 5.91 Å². The lowest BCUT2D eigenvalue weighted by Crippen LogP contribution is -2.32. The van der Waals surface area contributed by atoms with Crippen LogP contribution in [0.4, 0.5) is 4.39 Å².